The van der Waals surface area contributed by atoms with Gasteiger partial charge in [-0.25, -0.2) is 0 Å². The van der Waals surface area contributed by atoms with Gasteiger partial charge in [-0.2, -0.15) is 0 Å². The van der Waals surface area contributed by atoms with Gasteiger partial charge in [-0.05, 0) is 42.0 Å². The molecule has 2 N–H and O–H groups in total. The van der Waals surface area contributed by atoms with E-state index >= 15 is 0 Å². The predicted molar refractivity (Wildman–Crippen MR) is 130 cm³/mol. The molecule has 6 heteroatoms. The molecule has 0 aromatic heterocycles. The van der Waals surface area contributed by atoms with Crippen molar-refractivity contribution in [2.24, 2.45) is 11.8 Å². The molecule has 0 spiro atoms. The van der Waals surface area contributed by atoms with Gasteiger partial charge in [0.15, 0.2) is 5.78 Å². The molecular formula is C26H35NO4Si. The average Bonchev–Trinajstić information content (AvgIpc) is 3.26. The van der Waals surface area contributed by atoms with E-state index < -0.39 is 14.1 Å². The van der Waals surface area contributed by atoms with E-state index in [9.17, 15) is 14.7 Å². The number of aliphatic hydroxyl groups excluding tert-OH is 1. The van der Waals surface area contributed by atoms with Crippen LogP contribution >= 0.6 is 0 Å². The van der Waals surface area contributed by atoms with Crippen LogP contribution in [0.2, 0.25) is 19.6 Å². The Labute approximate surface area is 192 Å². The number of methoxy groups -OCH3 is 1. The Balaban J connectivity index is 1.80. The van der Waals surface area contributed by atoms with Crippen molar-refractivity contribution in [2.75, 3.05) is 13.7 Å². The highest BCUT2D eigenvalue weighted by atomic mass is 28.3. The van der Waals surface area contributed by atoms with Crippen molar-refractivity contribution in [3.05, 3.63) is 59.7 Å². The van der Waals surface area contributed by atoms with Crippen LogP contribution in [-0.2, 0) is 16.0 Å². The monoisotopic (exact) mass is 453 g/mol. The van der Waals surface area contributed by atoms with Crippen LogP contribution in [0.25, 0.3) is 0 Å². The standard InChI is InChI=1S/C26H35NO4Si/c1-31-21-12-10-19(11-13-21)25(27-26(30)23-7-5-6-20(23)17-28)24(29)16-18-8-14-22(15-9-18)32(2,3)4/h8-15,20,23,25,28H,5-7,16-17H2,1-4H3,(H,27,30)/t20-,23-,25?/m1/s1. The quantitative estimate of drug-likeness (QED) is 0.569. The molecule has 0 aliphatic heterocycles. The summed E-state index contributed by atoms with van der Waals surface area (Å²) in [6.45, 7) is 6.89. The van der Waals surface area contributed by atoms with Gasteiger partial charge >= 0.3 is 0 Å². The van der Waals surface area contributed by atoms with E-state index in [1.165, 1.54) is 5.19 Å². The van der Waals surface area contributed by atoms with Gasteiger partial charge in [0.1, 0.15) is 11.8 Å². The van der Waals surface area contributed by atoms with Crippen LogP contribution < -0.4 is 15.2 Å². The number of ether oxygens (including phenoxy) is 1. The normalized spacial score (nSPS) is 19.4. The van der Waals surface area contributed by atoms with E-state index in [-0.39, 0.29) is 36.6 Å². The Morgan fingerprint density at radius 3 is 2.28 bits per heavy atom. The molecule has 5 nitrogen and oxygen atoms in total. The Morgan fingerprint density at radius 1 is 1.06 bits per heavy atom. The molecule has 1 fully saturated rings. The summed E-state index contributed by atoms with van der Waals surface area (Å²) in [6, 6.07) is 14.8. The van der Waals surface area contributed by atoms with Crippen molar-refractivity contribution in [3.8, 4) is 5.75 Å². The van der Waals surface area contributed by atoms with Crippen LogP contribution in [0.1, 0.15) is 36.4 Å². The first-order valence-corrected chi connectivity index (χ1v) is 14.9. The summed E-state index contributed by atoms with van der Waals surface area (Å²) in [4.78, 5) is 26.4. The Morgan fingerprint density at radius 2 is 1.72 bits per heavy atom. The maximum Gasteiger partial charge on any atom is 0.224 e. The van der Waals surface area contributed by atoms with Crippen LogP contribution in [0, 0.1) is 11.8 Å². The van der Waals surface area contributed by atoms with E-state index in [4.69, 9.17) is 4.74 Å². The third-order valence-electron chi connectivity index (χ3n) is 6.49. The lowest BCUT2D eigenvalue weighted by atomic mass is 9.93. The maximum absolute atomic E-state index is 13.4. The molecule has 1 unspecified atom stereocenters. The van der Waals surface area contributed by atoms with Crippen molar-refractivity contribution >= 4 is 25.0 Å². The number of rotatable bonds is 9. The first kappa shape index (κ1) is 24.2. The number of carbonyl (C=O) groups is 2. The van der Waals surface area contributed by atoms with Crippen molar-refractivity contribution in [1.82, 2.24) is 5.32 Å². The van der Waals surface area contributed by atoms with Gasteiger partial charge < -0.3 is 15.2 Å². The summed E-state index contributed by atoms with van der Waals surface area (Å²) < 4.78 is 5.24. The smallest absolute Gasteiger partial charge is 0.224 e. The lowest BCUT2D eigenvalue weighted by Crippen LogP contribution is -2.40. The van der Waals surface area contributed by atoms with Crippen LogP contribution in [0.4, 0.5) is 0 Å². The molecule has 1 saturated carbocycles. The van der Waals surface area contributed by atoms with Gasteiger partial charge in [-0.1, -0.05) is 67.6 Å². The number of benzene rings is 2. The molecule has 32 heavy (non-hydrogen) atoms. The topological polar surface area (TPSA) is 75.6 Å². The molecule has 172 valence electrons. The number of amides is 1. The van der Waals surface area contributed by atoms with E-state index in [2.05, 4.69) is 37.1 Å². The molecule has 0 radical (unpaired) electrons. The van der Waals surface area contributed by atoms with E-state index in [1.54, 1.807) is 19.2 Å². The lowest BCUT2D eigenvalue weighted by molar-refractivity contribution is -0.131. The van der Waals surface area contributed by atoms with Crippen LogP contribution in [0.15, 0.2) is 48.5 Å². The zero-order valence-electron chi connectivity index (χ0n) is 19.6. The Bertz CT molecular complexity index is 918. The molecular weight excluding hydrogens is 418 g/mol. The zero-order chi connectivity index (χ0) is 23.3. The average molecular weight is 454 g/mol. The second kappa shape index (κ2) is 10.4. The van der Waals surface area contributed by atoms with Crippen LogP contribution in [0.5, 0.6) is 5.75 Å². The Kier molecular flexibility index (Phi) is 7.90. The highest BCUT2D eigenvalue weighted by molar-refractivity contribution is 6.88. The number of Topliss-reactive ketones (excluding diaryl/α,β-unsaturated/α-hetero) is 1. The summed E-state index contributed by atoms with van der Waals surface area (Å²) in [7, 11) is 0.195. The predicted octanol–water partition coefficient (Wildman–Crippen LogP) is 3.62. The molecule has 3 rings (SSSR count). The molecule has 1 aliphatic carbocycles. The van der Waals surface area contributed by atoms with Gasteiger partial charge in [0.05, 0.1) is 15.2 Å². The number of ketones is 1. The molecule has 0 bridgehead atoms. The minimum absolute atomic E-state index is 0.00265. The van der Waals surface area contributed by atoms with Gasteiger partial charge in [0.25, 0.3) is 0 Å². The number of nitrogens with one attached hydrogen (secondary N) is 1. The molecule has 2 aromatic rings. The van der Waals surface area contributed by atoms with Crippen LogP contribution in [-0.4, -0.2) is 38.6 Å². The maximum atomic E-state index is 13.4. The summed E-state index contributed by atoms with van der Waals surface area (Å²) in [5.41, 5.74) is 1.68. The minimum Gasteiger partial charge on any atom is -0.497 e. The Hall–Kier alpha value is -2.44. The van der Waals surface area contributed by atoms with Gasteiger partial charge in [0, 0.05) is 18.9 Å². The van der Waals surface area contributed by atoms with E-state index in [0.29, 0.717) is 5.75 Å². The fraction of sp³-hybridized carbons (Fsp3) is 0.462. The van der Waals surface area contributed by atoms with Crippen molar-refractivity contribution < 1.29 is 19.4 Å². The third kappa shape index (κ3) is 5.87. The summed E-state index contributed by atoms with van der Waals surface area (Å²) in [5.74, 6) is 0.220. The number of hydrogen-bond donors (Lipinski definition) is 2. The molecule has 0 saturated heterocycles. The first-order chi connectivity index (χ1) is 15.2. The highest BCUT2D eigenvalue weighted by Gasteiger charge is 2.34. The molecule has 0 heterocycles. The zero-order valence-corrected chi connectivity index (χ0v) is 20.6. The molecule has 2 aromatic carbocycles. The van der Waals surface area contributed by atoms with Crippen molar-refractivity contribution in [1.29, 1.82) is 0 Å². The van der Waals surface area contributed by atoms with Crippen LogP contribution in [0.3, 0.4) is 0 Å². The summed E-state index contributed by atoms with van der Waals surface area (Å²) in [6.07, 6.45) is 2.77. The largest absolute Gasteiger partial charge is 0.497 e. The second-order valence-corrected chi connectivity index (χ2v) is 14.9. The number of hydrogen-bond acceptors (Lipinski definition) is 4. The highest BCUT2D eigenvalue weighted by Crippen LogP contribution is 2.32. The van der Waals surface area contributed by atoms with Gasteiger partial charge in [-0.15, -0.1) is 0 Å². The van der Waals surface area contributed by atoms with E-state index in [0.717, 1.165) is 30.4 Å². The minimum atomic E-state index is -1.40. The molecule has 1 aliphatic rings. The van der Waals surface area contributed by atoms with Crippen molar-refractivity contribution in [3.63, 3.8) is 0 Å². The van der Waals surface area contributed by atoms with Crippen molar-refractivity contribution in [2.45, 2.75) is 51.4 Å². The fourth-order valence-corrected chi connectivity index (χ4v) is 5.59. The summed E-state index contributed by atoms with van der Waals surface area (Å²) >= 11 is 0. The summed E-state index contributed by atoms with van der Waals surface area (Å²) in [5, 5.41) is 14.0. The fourth-order valence-electron chi connectivity index (χ4n) is 4.42. The lowest BCUT2D eigenvalue weighted by Gasteiger charge is -2.23. The number of carbonyl (C=O) groups excluding carboxylic acids is 2. The third-order valence-corrected chi connectivity index (χ3v) is 8.55. The van der Waals surface area contributed by atoms with Gasteiger partial charge in [-0.3, -0.25) is 9.59 Å². The first-order valence-electron chi connectivity index (χ1n) is 11.4. The second-order valence-electron chi connectivity index (χ2n) is 9.78. The SMILES string of the molecule is COc1ccc(C(NC(=O)[C@@H]2CCC[C@@H]2CO)C(=O)Cc2ccc([Si](C)(C)C)cc2)cc1. The number of aliphatic hydroxyl groups is 1. The molecule has 1 amide bonds. The van der Waals surface area contributed by atoms with E-state index in [1.807, 2.05) is 24.3 Å². The molecule has 3 atom stereocenters. The van der Waals surface area contributed by atoms with Gasteiger partial charge in [0.2, 0.25) is 5.91 Å².